The molecular weight excluding hydrogens is 314 g/mol. The number of rotatable bonds is 5. The van der Waals surface area contributed by atoms with Gasteiger partial charge in [-0.2, -0.15) is 0 Å². The summed E-state index contributed by atoms with van der Waals surface area (Å²) >= 11 is 0. The number of nitrogens with one attached hydrogen (secondary N) is 1. The molecule has 6 nitrogen and oxygen atoms in total. The molecule has 2 aromatic heterocycles. The first-order valence-corrected chi connectivity index (χ1v) is 8.85. The van der Waals surface area contributed by atoms with Crippen LogP contribution in [0.5, 0.6) is 0 Å². The summed E-state index contributed by atoms with van der Waals surface area (Å²) in [6.07, 6.45) is 5.04. The zero-order chi connectivity index (χ0) is 17.6. The Labute approximate surface area is 148 Å². The van der Waals surface area contributed by atoms with Gasteiger partial charge in [0.15, 0.2) is 0 Å². The smallest absolute Gasteiger partial charge is 0.220 e. The maximum absolute atomic E-state index is 11.4. The SMILES string of the molecule is CNC(=O)CCc1cccc(C2CCCN(c3cc(C)ncn3)C2)n1. The first-order valence-electron chi connectivity index (χ1n) is 8.85. The zero-order valence-corrected chi connectivity index (χ0v) is 14.9. The number of nitrogens with zero attached hydrogens (tertiary/aromatic N) is 4. The van der Waals surface area contributed by atoms with Gasteiger partial charge in [-0.1, -0.05) is 6.07 Å². The summed E-state index contributed by atoms with van der Waals surface area (Å²) in [7, 11) is 1.66. The number of aromatic nitrogens is 3. The van der Waals surface area contributed by atoms with Gasteiger partial charge in [0, 0.05) is 55.6 Å². The van der Waals surface area contributed by atoms with E-state index in [2.05, 4.69) is 32.3 Å². The van der Waals surface area contributed by atoms with Gasteiger partial charge in [0.2, 0.25) is 5.91 Å². The molecule has 6 heteroatoms. The van der Waals surface area contributed by atoms with Crippen molar-refractivity contribution >= 4 is 11.7 Å². The van der Waals surface area contributed by atoms with Crippen LogP contribution in [-0.2, 0) is 11.2 Å². The highest BCUT2D eigenvalue weighted by Crippen LogP contribution is 2.28. The Hall–Kier alpha value is -2.50. The fourth-order valence-electron chi connectivity index (χ4n) is 3.27. The Bertz CT molecular complexity index is 733. The van der Waals surface area contributed by atoms with Gasteiger partial charge in [-0.3, -0.25) is 9.78 Å². The predicted octanol–water partition coefficient (Wildman–Crippen LogP) is 2.24. The lowest BCUT2D eigenvalue weighted by Crippen LogP contribution is -2.35. The van der Waals surface area contributed by atoms with Crippen molar-refractivity contribution in [2.75, 3.05) is 25.0 Å². The minimum atomic E-state index is 0.0511. The molecule has 3 rings (SSSR count). The normalized spacial score (nSPS) is 17.4. The van der Waals surface area contributed by atoms with Crippen LogP contribution in [0.15, 0.2) is 30.6 Å². The van der Waals surface area contributed by atoms with Gasteiger partial charge < -0.3 is 10.2 Å². The molecule has 1 N–H and O–H groups in total. The molecule has 132 valence electrons. The Morgan fingerprint density at radius 1 is 1.36 bits per heavy atom. The number of amides is 1. The number of carbonyl (C=O) groups excluding carboxylic acids is 1. The van der Waals surface area contributed by atoms with Crippen molar-refractivity contribution in [1.82, 2.24) is 20.3 Å². The molecule has 0 spiro atoms. The Balaban J connectivity index is 1.70. The molecule has 3 heterocycles. The molecule has 1 aliphatic heterocycles. The summed E-state index contributed by atoms with van der Waals surface area (Å²) in [5.41, 5.74) is 3.09. The van der Waals surface area contributed by atoms with Crippen LogP contribution in [0.25, 0.3) is 0 Å². The first kappa shape index (κ1) is 17.3. The quantitative estimate of drug-likeness (QED) is 0.904. The van der Waals surface area contributed by atoms with Gasteiger partial charge >= 0.3 is 0 Å². The van der Waals surface area contributed by atoms with Crippen molar-refractivity contribution in [1.29, 1.82) is 0 Å². The standard InChI is InChI=1S/C19H25N5O/c1-14-11-18(22-13-21-14)24-10-4-5-15(12-24)17-7-3-6-16(23-17)8-9-19(25)20-2/h3,6-7,11,13,15H,4-5,8-10,12H2,1-2H3,(H,20,25). The van der Waals surface area contributed by atoms with E-state index in [1.807, 2.05) is 19.1 Å². The highest BCUT2D eigenvalue weighted by molar-refractivity contribution is 5.75. The summed E-state index contributed by atoms with van der Waals surface area (Å²) in [6, 6.07) is 8.19. The van der Waals surface area contributed by atoms with E-state index in [0.717, 1.165) is 48.8 Å². The van der Waals surface area contributed by atoms with E-state index in [1.54, 1.807) is 13.4 Å². The topological polar surface area (TPSA) is 71.0 Å². The van der Waals surface area contributed by atoms with E-state index in [0.29, 0.717) is 18.8 Å². The number of hydrogen-bond acceptors (Lipinski definition) is 5. The predicted molar refractivity (Wildman–Crippen MR) is 97.6 cm³/mol. The molecule has 0 saturated carbocycles. The van der Waals surface area contributed by atoms with Gasteiger partial charge in [0.05, 0.1) is 0 Å². The van der Waals surface area contributed by atoms with Crippen molar-refractivity contribution in [3.8, 4) is 0 Å². The van der Waals surface area contributed by atoms with Crippen molar-refractivity contribution in [2.24, 2.45) is 0 Å². The molecule has 0 bridgehead atoms. The number of carbonyl (C=O) groups is 1. The summed E-state index contributed by atoms with van der Waals surface area (Å²) < 4.78 is 0. The van der Waals surface area contributed by atoms with Crippen molar-refractivity contribution in [3.05, 3.63) is 47.7 Å². The van der Waals surface area contributed by atoms with E-state index in [1.165, 1.54) is 0 Å². The lowest BCUT2D eigenvalue weighted by Gasteiger charge is -2.33. The van der Waals surface area contributed by atoms with Gasteiger partial charge in [0.1, 0.15) is 12.1 Å². The van der Waals surface area contributed by atoms with Crippen LogP contribution in [0.4, 0.5) is 5.82 Å². The number of pyridine rings is 1. The maximum Gasteiger partial charge on any atom is 0.220 e. The minimum absolute atomic E-state index is 0.0511. The van der Waals surface area contributed by atoms with Gasteiger partial charge in [-0.15, -0.1) is 0 Å². The average Bonchev–Trinajstić information content (AvgIpc) is 2.66. The van der Waals surface area contributed by atoms with Gasteiger partial charge in [-0.05, 0) is 38.3 Å². The second-order valence-electron chi connectivity index (χ2n) is 6.53. The molecule has 1 saturated heterocycles. The average molecular weight is 339 g/mol. The molecule has 1 aliphatic rings. The van der Waals surface area contributed by atoms with Crippen molar-refractivity contribution in [2.45, 2.75) is 38.5 Å². The largest absolute Gasteiger partial charge is 0.359 e. The highest BCUT2D eigenvalue weighted by Gasteiger charge is 2.23. The number of piperidine rings is 1. The molecule has 1 amide bonds. The molecule has 0 aromatic carbocycles. The lowest BCUT2D eigenvalue weighted by atomic mass is 9.94. The fraction of sp³-hybridized carbons (Fsp3) is 0.474. The third-order valence-corrected chi connectivity index (χ3v) is 4.67. The molecule has 0 aliphatic carbocycles. The molecule has 1 atom stereocenters. The van der Waals surface area contributed by atoms with E-state index < -0.39 is 0 Å². The second-order valence-corrected chi connectivity index (χ2v) is 6.53. The number of anilines is 1. The fourth-order valence-corrected chi connectivity index (χ4v) is 3.27. The Morgan fingerprint density at radius 3 is 3.04 bits per heavy atom. The van der Waals surface area contributed by atoms with Crippen LogP contribution >= 0.6 is 0 Å². The van der Waals surface area contributed by atoms with Crippen LogP contribution in [0.2, 0.25) is 0 Å². The number of hydrogen-bond donors (Lipinski definition) is 1. The highest BCUT2D eigenvalue weighted by atomic mass is 16.1. The molecule has 1 unspecified atom stereocenters. The van der Waals surface area contributed by atoms with Gasteiger partial charge in [-0.25, -0.2) is 9.97 Å². The molecule has 0 radical (unpaired) electrons. The third-order valence-electron chi connectivity index (χ3n) is 4.67. The molecule has 25 heavy (non-hydrogen) atoms. The zero-order valence-electron chi connectivity index (χ0n) is 14.9. The summed E-state index contributed by atoms with van der Waals surface area (Å²) in [4.78, 5) is 27.2. The maximum atomic E-state index is 11.4. The van der Waals surface area contributed by atoms with E-state index in [9.17, 15) is 4.79 Å². The monoisotopic (exact) mass is 339 g/mol. The van der Waals surface area contributed by atoms with Crippen LogP contribution in [0.1, 0.15) is 42.3 Å². The Morgan fingerprint density at radius 2 is 2.24 bits per heavy atom. The summed E-state index contributed by atoms with van der Waals surface area (Å²) in [5, 5.41) is 2.66. The van der Waals surface area contributed by atoms with Crippen molar-refractivity contribution in [3.63, 3.8) is 0 Å². The van der Waals surface area contributed by atoms with Crippen LogP contribution in [0.3, 0.4) is 0 Å². The second kappa shape index (κ2) is 8.05. The molecule has 2 aromatic rings. The lowest BCUT2D eigenvalue weighted by molar-refractivity contribution is -0.120. The minimum Gasteiger partial charge on any atom is -0.359 e. The van der Waals surface area contributed by atoms with Crippen molar-refractivity contribution < 1.29 is 4.79 Å². The first-order chi connectivity index (χ1) is 12.2. The third kappa shape index (κ3) is 4.53. The van der Waals surface area contributed by atoms with Crippen LogP contribution < -0.4 is 10.2 Å². The van der Waals surface area contributed by atoms with Crippen LogP contribution in [-0.4, -0.2) is 41.0 Å². The molecular formula is C19H25N5O. The Kier molecular flexibility index (Phi) is 5.58. The van der Waals surface area contributed by atoms with E-state index >= 15 is 0 Å². The molecule has 1 fully saturated rings. The number of aryl methyl sites for hydroxylation is 2. The summed E-state index contributed by atoms with van der Waals surface area (Å²) in [5.74, 6) is 1.44. The van der Waals surface area contributed by atoms with Gasteiger partial charge in [0.25, 0.3) is 0 Å². The van der Waals surface area contributed by atoms with Crippen LogP contribution in [0, 0.1) is 6.92 Å². The van der Waals surface area contributed by atoms with E-state index in [-0.39, 0.29) is 5.91 Å². The van der Waals surface area contributed by atoms with E-state index in [4.69, 9.17) is 4.98 Å². The summed E-state index contributed by atoms with van der Waals surface area (Å²) in [6.45, 7) is 3.93.